The summed E-state index contributed by atoms with van der Waals surface area (Å²) in [5.41, 5.74) is 0.910. The Balaban J connectivity index is 1.85. The van der Waals surface area contributed by atoms with Crippen LogP contribution in [-0.2, 0) is 11.3 Å². The fourth-order valence-electron chi connectivity index (χ4n) is 4.21. The third kappa shape index (κ3) is 3.01. The molecule has 132 valence electrons. The molecule has 0 radical (unpaired) electrons. The Labute approximate surface area is 142 Å². The molecule has 1 saturated carbocycles. The number of hydrogen-bond donors (Lipinski definition) is 2. The molecule has 1 aliphatic carbocycles. The van der Waals surface area contributed by atoms with E-state index in [2.05, 4.69) is 4.90 Å². The van der Waals surface area contributed by atoms with Crippen LogP contribution in [0.3, 0.4) is 0 Å². The van der Waals surface area contributed by atoms with Crippen LogP contribution in [-0.4, -0.2) is 59.6 Å². The fraction of sp³-hybridized carbons (Fsp3) is 0.611. The second-order valence-electron chi connectivity index (χ2n) is 6.77. The zero-order valence-electron chi connectivity index (χ0n) is 14.2. The van der Waals surface area contributed by atoms with Crippen molar-refractivity contribution < 1.29 is 24.5 Å². The van der Waals surface area contributed by atoms with E-state index in [-0.39, 0.29) is 23.3 Å². The number of likely N-dealkylation sites (tertiary alicyclic amines) is 1. The zero-order chi connectivity index (χ0) is 17.3. The molecule has 1 aromatic carbocycles. The molecule has 0 spiro atoms. The third-order valence-electron chi connectivity index (χ3n) is 5.57. The quantitative estimate of drug-likeness (QED) is 0.855. The molecule has 2 fully saturated rings. The van der Waals surface area contributed by atoms with E-state index in [1.807, 2.05) is 0 Å². The number of carboxylic acid groups (broad SMARTS) is 1. The minimum absolute atomic E-state index is 0.143. The molecular formula is C18H25NO5. The number of carboxylic acids is 1. The van der Waals surface area contributed by atoms with Crippen LogP contribution >= 0.6 is 0 Å². The molecule has 2 N–H and O–H groups in total. The van der Waals surface area contributed by atoms with Gasteiger partial charge in [-0.05, 0) is 43.9 Å². The Morgan fingerprint density at radius 3 is 2.83 bits per heavy atom. The van der Waals surface area contributed by atoms with Gasteiger partial charge in [0.05, 0.1) is 24.4 Å². The molecule has 2 aliphatic rings. The van der Waals surface area contributed by atoms with Gasteiger partial charge < -0.3 is 19.7 Å². The van der Waals surface area contributed by atoms with E-state index in [1.54, 1.807) is 32.4 Å². The fourth-order valence-corrected chi connectivity index (χ4v) is 4.21. The van der Waals surface area contributed by atoms with Crippen LogP contribution in [0, 0.1) is 0 Å². The van der Waals surface area contributed by atoms with Gasteiger partial charge in [-0.2, -0.15) is 0 Å². The van der Waals surface area contributed by atoms with Gasteiger partial charge in [0.15, 0.2) is 0 Å². The second-order valence-corrected chi connectivity index (χ2v) is 6.77. The van der Waals surface area contributed by atoms with Crippen molar-refractivity contribution in [3.63, 3.8) is 0 Å². The molecule has 0 bridgehead atoms. The monoisotopic (exact) mass is 335 g/mol. The van der Waals surface area contributed by atoms with Crippen LogP contribution in [0.2, 0.25) is 0 Å². The molecule has 3 rings (SSSR count). The van der Waals surface area contributed by atoms with Gasteiger partial charge in [0, 0.05) is 31.8 Å². The first-order chi connectivity index (χ1) is 11.5. The number of methoxy groups -OCH3 is 2. The highest BCUT2D eigenvalue weighted by Gasteiger charge is 2.50. The van der Waals surface area contributed by atoms with Gasteiger partial charge in [0.1, 0.15) is 5.75 Å². The van der Waals surface area contributed by atoms with Crippen molar-refractivity contribution in [2.24, 2.45) is 0 Å². The number of benzene rings is 1. The number of rotatable bonds is 5. The van der Waals surface area contributed by atoms with E-state index in [0.717, 1.165) is 31.4 Å². The maximum atomic E-state index is 11.3. The number of carbonyl (C=O) groups is 1. The van der Waals surface area contributed by atoms with E-state index < -0.39 is 5.97 Å². The Bertz CT molecular complexity index is 619. The standard InChI is InChI=1S/C18H25NO5/c1-23-15-4-3-12(17(21)22)9-13(15)11-19-8-7-18(24-2)6-5-14(20)10-16(18)19/h3-4,9,14,16,20H,5-8,10-11H2,1-2H3,(H,21,22)/t14-,16-,18+/m0/s1. The summed E-state index contributed by atoms with van der Waals surface area (Å²) >= 11 is 0. The summed E-state index contributed by atoms with van der Waals surface area (Å²) in [6, 6.07) is 5.07. The number of nitrogens with zero attached hydrogens (tertiary/aromatic N) is 1. The van der Waals surface area contributed by atoms with Crippen molar-refractivity contribution in [3.8, 4) is 5.75 Å². The van der Waals surface area contributed by atoms with Gasteiger partial charge in [-0.25, -0.2) is 4.79 Å². The van der Waals surface area contributed by atoms with Gasteiger partial charge in [0.2, 0.25) is 0 Å². The predicted molar refractivity (Wildman–Crippen MR) is 88.4 cm³/mol. The normalized spacial score (nSPS) is 30.1. The van der Waals surface area contributed by atoms with Crippen LogP contribution < -0.4 is 4.74 Å². The maximum absolute atomic E-state index is 11.3. The van der Waals surface area contributed by atoms with Gasteiger partial charge in [-0.3, -0.25) is 4.90 Å². The molecule has 1 aromatic rings. The summed E-state index contributed by atoms with van der Waals surface area (Å²) in [6.45, 7) is 1.46. The number of aliphatic hydroxyl groups excluding tert-OH is 1. The Kier molecular flexibility index (Phi) is 4.80. The van der Waals surface area contributed by atoms with Crippen LogP contribution in [0.4, 0.5) is 0 Å². The molecule has 0 unspecified atom stereocenters. The van der Waals surface area contributed by atoms with Crippen molar-refractivity contribution in [3.05, 3.63) is 29.3 Å². The molecule has 24 heavy (non-hydrogen) atoms. The highest BCUT2D eigenvalue weighted by molar-refractivity contribution is 5.88. The van der Waals surface area contributed by atoms with E-state index in [4.69, 9.17) is 9.47 Å². The summed E-state index contributed by atoms with van der Waals surface area (Å²) in [6.07, 6.45) is 2.95. The molecule has 3 atom stereocenters. The van der Waals surface area contributed by atoms with Crippen LogP contribution in [0.5, 0.6) is 5.75 Å². The van der Waals surface area contributed by atoms with Crippen LogP contribution in [0.25, 0.3) is 0 Å². The van der Waals surface area contributed by atoms with Gasteiger partial charge in [-0.15, -0.1) is 0 Å². The molecule has 0 aromatic heterocycles. The molecular weight excluding hydrogens is 310 g/mol. The Morgan fingerprint density at radius 2 is 2.17 bits per heavy atom. The molecule has 1 aliphatic heterocycles. The van der Waals surface area contributed by atoms with E-state index in [1.165, 1.54) is 0 Å². The Morgan fingerprint density at radius 1 is 1.38 bits per heavy atom. The first kappa shape index (κ1) is 17.2. The summed E-state index contributed by atoms with van der Waals surface area (Å²) in [7, 11) is 3.34. The minimum atomic E-state index is -0.945. The van der Waals surface area contributed by atoms with E-state index in [0.29, 0.717) is 18.7 Å². The first-order valence-corrected chi connectivity index (χ1v) is 8.36. The predicted octanol–water partition coefficient (Wildman–Crippen LogP) is 1.90. The lowest BCUT2D eigenvalue weighted by Crippen LogP contribution is -2.51. The molecule has 1 heterocycles. The van der Waals surface area contributed by atoms with Gasteiger partial charge in [-0.1, -0.05) is 0 Å². The SMILES string of the molecule is COc1ccc(C(=O)O)cc1CN1CC[C@]2(OC)CC[C@H](O)C[C@H]12. The molecule has 6 nitrogen and oxygen atoms in total. The summed E-state index contributed by atoms with van der Waals surface area (Å²) in [5, 5.41) is 19.3. The number of aliphatic hydroxyl groups is 1. The van der Waals surface area contributed by atoms with Crippen molar-refractivity contribution in [1.29, 1.82) is 0 Å². The summed E-state index contributed by atoms with van der Waals surface area (Å²) < 4.78 is 11.3. The zero-order valence-corrected chi connectivity index (χ0v) is 14.2. The highest BCUT2D eigenvalue weighted by atomic mass is 16.5. The summed E-state index contributed by atoms with van der Waals surface area (Å²) in [5.74, 6) is -0.258. The Hall–Kier alpha value is -1.63. The van der Waals surface area contributed by atoms with Crippen LogP contribution in [0.1, 0.15) is 41.6 Å². The van der Waals surface area contributed by atoms with Crippen LogP contribution in [0.15, 0.2) is 18.2 Å². The average molecular weight is 335 g/mol. The van der Waals surface area contributed by atoms with Crippen molar-refractivity contribution in [2.75, 3.05) is 20.8 Å². The number of hydrogen-bond acceptors (Lipinski definition) is 5. The average Bonchev–Trinajstić information content (AvgIpc) is 2.93. The lowest BCUT2D eigenvalue weighted by atomic mass is 9.79. The highest BCUT2D eigenvalue weighted by Crippen LogP contribution is 2.43. The molecule has 0 amide bonds. The number of aromatic carboxylic acids is 1. The minimum Gasteiger partial charge on any atom is -0.496 e. The molecule has 6 heteroatoms. The molecule has 1 saturated heterocycles. The topological polar surface area (TPSA) is 79.2 Å². The van der Waals surface area contributed by atoms with Crippen molar-refractivity contribution >= 4 is 5.97 Å². The summed E-state index contributed by atoms with van der Waals surface area (Å²) in [4.78, 5) is 13.5. The van der Waals surface area contributed by atoms with Gasteiger partial charge in [0.25, 0.3) is 0 Å². The number of fused-ring (bicyclic) bond motifs is 1. The maximum Gasteiger partial charge on any atom is 0.335 e. The van der Waals surface area contributed by atoms with Crippen molar-refractivity contribution in [2.45, 2.75) is 50.0 Å². The van der Waals surface area contributed by atoms with E-state index >= 15 is 0 Å². The van der Waals surface area contributed by atoms with Gasteiger partial charge >= 0.3 is 5.97 Å². The van der Waals surface area contributed by atoms with Crippen molar-refractivity contribution in [1.82, 2.24) is 4.90 Å². The number of ether oxygens (including phenoxy) is 2. The lowest BCUT2D eigenvalue weighted by molar-refractivity contribution is -0.0879. The lowest BCUT2D eigenvalue weighted by Gasteiger charge is -2.42. The second kappa shape index (κ2) is 6.70. The third-order valence-corrected chi connectivity index (χ3v) is 5.57. The largest absolute Gasteiger partial charge is 0.496 e. The van der Waals surface area contributed by atoms with E-state index in [9.17, 15) is 15.0 Å². The smallest absolute Gasteiger partial charge is 0.335 e. The first-order valence-electron chi connectivity index (χ1n) is 8.36.